The second-order valence-electron chi connectivity index (χ2n) is 6.75. The maximum atomic E-state index is 12.3. The fourth-order valence-corrected chi connectivity index (χ4v) is 3.61. The molecule has 154 valence electrons. The van der Waals surface area contributed by atoms with E-state index >= 15 is 0 Å². The van der Waals surface area contributed by atoms with Gasteiger partial charge in [0, 0.05) is 35.3 Å². The average Bonchev–Trinajstić information content (AvgIpc) is 3.27. The molecule has 0 aliphatic rings. The topological polar surface area (TPSA) is 116 Å². The first-order chi connectivity index (χ1) is 14.4. The van der Waals surface area contributed by atoms with E-state index in [4.69, 9.17) is 8.97 Å². The molecule has 2 heterocycles. The molecule has 3 N–H and O–H groups in total. The molecule has 0 aliphatic heterocycles. The van der Waals surface area contributed by atoms with E-state index in [0.717, 1.165) is 22.0 Å². The molecule has 9 heteroatoms. The fraction of sp³-hybridized carbons (Fsp3) is 0.143. The maximum Gasteiger partial charge on any atom is 0.374 e. The van der Waals surface area contributed by atoms with E-state index in [-0.39, 0.29) is 13.1 Å². The summed E-state index contributed by atoms with van der Waals surface area (Å²) in [6, 6.07) is 15.3. The Morgan fingerprint density at radius 3 is 2.73 bits per heavy atom. The van der Waals surface area contributed by atoms with Crippen molar-refractivity contribution in [3.63, 3.8) is 0 Å². The number of H-pyrrole nitrogens is 1. The minimum atomic E-state index is -4.13. The molecule has 0 bridgehead atoms. The van der Waals surface area contributed by atoms with Gasteiger partial charge in [-0.05, 0) is 18.2 Å². The van der Waals surface area contributed by atoms with Gasteiger partial charge in [-0.3, -0.25) is 9.35 Å². The van der Waals surface area contributed by atoms with Gasteiger partial charge in [-0.1, -0.05) is 30.3 Å². The van der Waals surface area contributed by atoms with Crippen LogP contribution in [-0.4, -0.2) is 36.2 Å². The van der Waals surface area contributed by atoms with Crippen LogP contribution in [0.15, 0.2) is 59.1 Å². The summed E-state index contributed by atoms with van der Waals surface area (Å²) in [4.78, 5) is 15.5. The van der Waals surface area contributed by atoms with Gasteiger partial charge < -0.3 is 14.7 Å². The van der Waals surface area contributed by atoms with Crippen molar-refractivity contribution in [1.82, 2.24) is 10.3 Å². The third-order valence-electron chi connectivity index (χ3n) is 4.65. The average molecular weight is 426 g/mol. The molecule has 0 fully saturated rings. The predicted molar refractivity (Wildman–Crippen MR) is 113 cm³/mol. The molecule has 1 amide bonds. The zero-order valence-corrected chi connectivity index (χ0v) is 16.7. The number of para-hydroxylation sites is 3. The van der Waals surface area contributed by atoms with Crippen molar-refractivity contribution in [1.29, 1.82) is 0 Å². The van der Waals surface area contributed by atoms with Gasteiger partial charge in [0.15, 0.2) is 0 Å². The van der Waals surface area contributed by atoms with E-state index in [1.165, 1.54) is 0 Å². The number of fused-ring (bicyclic) bond motifs is 2. The molecule has 0 saturated heterocycles. The summed E-state index contributed by atoms with van der Waals surface area (Å²) in [6.07, 6.45) is 5.60. The number of amides is 1. The molecular formula is C21H20N3O5S+. The standard InChI is InChI=1S/C21H19N3O5S/c25-20(22-11-12-30(26,27)28)14-24-18-7-3-4-8-19(18)29-21(24)10-9-15-13-23-17-6-2-1-5-16(15)17/h1-10,13H,11-12,14H2,(H2,22,25,26,27,28)/p+1. The van der Waals surface area contributed by atoms with Crippen molar-refractivity contribution in [2.75, 3.05) is 12.3 Å². The van der Waals surface area contributed by atoms with Gasteiger partial charge in [-0.2, -0.15) is 8.42 Å². The lowest BCUT2D eigenvalue weighted by atomic mass is 10.1. The smallest absolute Gasteiger partial charge is 0.374 e. The molecule has 4 rings (SSSR count). The molecular weight excluding hydrogens is 406 g/mol. The van der Waals surface area contributed by atoms with Gasteiger partial charge in [0.05, 0.1) is 11.8 Å². The zero-order chi connectivity index (χ0) is 21.1. The summed E-state index contributed by atoms with van der Waals surface area (Å²) in [6.45, 7) is -0.232. The van der Waals surface area contributed by atoms with Crippen LogP contribution in [0.2, 0.25) is 0 Å². The molecule has 0 aliphatic carbocycles. The highest BCUT2D eigenvalue weighted by Crippen LogP contribution is 2.21. The van der Waals surface area contributed by atoms with Crippen LogP contribution in [0.1, 0.15) is 11.5 Å². The number of oxazole rings is 1. The third-order valence-corrected chi connectivity index (χ3v) is 5.37. The molecule has 0 radical (unpaired) electrons. The first-order valence-electron chi connectivity index (χ1n) is 9.28. The van der Waals surface area contributed by atoms with Crippen LogP contribution in [-0.2, 0) is 21.5 Å². The third kappa shape index (κ3) is 4.42. The van der Waals surface area contributed by atoms with Crippen LogP contribution in [0.3, 0.4) is 0 Å². The van der Waals surface area contributed by atoms with E-state index in [2.05, 4.69) is 10.3 Å². The Kier molecular flexibility index (Phi) is 5.39. The molecule has 2 aromatic heterocycles. The number of hydrogen-bond donors (Lipinski definition) is 3. The summed E-state index contributed by atoms with van der Waals surface area (Å²) in [5.41, 5.74) is 3.37. The molecule has 30 heavy (non-hydrogen) atoms. The second-order valence-corrected chi connectivity index (χ2v) is 8.33. The first kappa shape index (κ1) is 19.9. The predicted octanol–water partition coefficient (Wildman–Crippen LogP) is 2.38. The van der Waals surface area contributed by atoms with E-state index in [1.54, 1.807) is 10.6 Å². The van der Waals surface area contributed by atoms with Crippen LogP contribution in [0.4, 0.5) is 0 Å². The number of carbonyl (C=O) groups excluding carboxylic acids is 1. The Bertz CT molecular complexity index is 1350. The zero-order valence-electron chi connectivity index (χ0n) is 15.9. The number of aromatic nitrogens is 2. The molecule has 0 spiro atoms. The van der Waals surface area contributed by atoms with Crippen LogP contribution >= 0.6 is 0 Å². The lowest BCUT2D eigenvalue weighted by molar-refractivity contribution is -0.665. The Morgan fingerprint density at radius 1 is 1.13 bits per heavy atom. The molecule has 0 saturated carbocycles. The van der Waals surface area contributed by atoms with Gasteiger partial charge in [0.2, 0.25) is 12.1 Å². The van der Waals surface area contributed by atoms with Gasteiger partial charge in [-0.15, -0.1) is 4.57 Å². The van der Waals surface area contributed by atoms with Crippen molar-refractivity contribution in [2.24, 2.45) is 0 Å². The number of aromatic amines is 1. The second kappa shape index (κ2) is 8.13. The fourth-order valence-electron chi connectivity index (χ4n) is 3.25. The summed E-state index contributed by atoms with van der Waals surface area (Å²) >= 11 is 0. The van der Waals surface area contributed by atoms with Gasteiger partial charge in [-0.25, -0.2) is 0 Å². The highest BCUT2D eigenvalue weighted by atomic mass is 32.2. The Hall–Kier alpha value is -3.43. The van der Waals surface area contributed by atoms with Crippen molar-refractivity contribution < 1.29 is 26.7 Å². The van der Waals surface area contributed by atoms with Crippen LogP contribution in [0.5, 0.6) is 0 Å². The summed E-state index contributed by atoms with van der Waals surface area (Å²) in [7, 11) is -4.13. The molecule has 0 atom stereocenters. The van der Waals surface area contributed by atoms with Crippen LogP contribution in [0, 0.1) is 0 Å². The van der Waals surface area contributed by atoms with Crippen molar-refractivity contribution in [3.8, 4) is 0 Å². The number of nitrogens with one attached hydrogen (secondary N) is 2. The number of hydrogen-bond acceptors (Lipinski definition) is 4. The highest BCUT2D eigenvalue weighted by Gasteiger charge is 2.23. The molecule has 0 unspecified atom stereocenters. The van der Waals surface area contributed by atoms with Crippen LogP contribution < -0.4 is 9.88 Å². The number of rotatable bonds is 7. The van der Waals surface area contributed by atoms with E-state index < -0.39 is 21.8 Å². The van der Waals surface area contributed by atoms with E-state index in [1.807, 2.05) is 60.8 Å². The van der Waals surface area contributed by atoms with E-state index in [9.17, 15) is 13.2 Å². The van der Waals surface area contributed by atoms with Crippen molar-refractivity contribution in [3.05, 3.63) is 66.2 Å². The summed E-state index contributed by atoms with van der Waals surface area (Å²) < 4.78 is 38.1. The maximum absolute atomic E-state index is 12.3. The Morgan fingerprint density at radius 2 is 1.90 bits per heavy atom. The van der Waals surface area contributed by atoms with Gasteiger partial charge in [0.25, 0.3) is 21.5 Å². The number of carbonyl (C=O) groups is 1. The number of nitrogens with zero attached hydrogens (tertiary/aromatic N) is 1. The van der Waals surface area contributed by atoms with E-state index in [0.29, 0.717) is 11.5 Å². The SMILES string of the molecule is O=C(C[n+]1c(C=Cc2c[nH]c3ccccc23)oc2ccccc21)NCCS(=O)(=O)O. The summed E-state index contributed by atoms with van der Waals surface area (Å²) in [5, 5.41) is 3.56. The summed E-state index contributed by atoms with van der Waals surface area (Å²) in [5.74, 6) is -0.452. The Balaban J connectivity index is 1.61. The van der Waals surface area contributed by atoms with Crippen molar-refractivity contribution in [2.45, 2.75) is 6.54 Å². The molecule has 2 aromatic carbocycles. The van der Waals surface area contributed by atoms with Crippen molar-refractivity contribution >= 4 is 50.2 Å². The largest absolute Gasteiger partial charge is 0.398 e. The minimum Gasteiger partial charge on any atom is -0.398 e. The minimum absolute atomic E-state index is 0.0595. The van der Waals surface area contributed by atoms with Crippen LogP contribution in [0.25, 0.3) is 34.2 Å². The number of benzene rings is 2. The normalized spacial score (nSPS) is 12.2. The quantitative estimate of drug-likeness (QED) is 0.310. The lowest BCUT2D eigenvalue weighted by Gasteiger charge is -2.01. The monoisotopic (exact) mass is 426 g/mol. The Labute approximate surface area is 172 Å². The first-order valence-corrected chi connectivity index (χ1v) is 10.9. The highest BCUT2D eigenvalue weighted by molar-refractivity contribution is 7.85. The van der Waals surface area contributed by atoms with Gasteiger partial charge in [0.1, 0.15) is 0 Å². The van der Waals surface area contributed by atoms with Gasteiger partial charge >= 0.3 is 5.89 Å². The molecule has 4 aromatic rings. The lowest BCUT2D eigenvalue weighted by Crippen LogP contribution is -2.44. The molecule has 8 nitrogen and oxygen atoms in total.